The molecule has 1 aliphatic carbocycles. The number of aliphatic hydroxyl groups is 1. The van der Waals surface area contributed by atoms with Crippen molar-refractivity contribution in [3.05, 3.63) is 71.4 Å². The average molecular weight is 513 g/mol. The highest BCUT2D eigenvalue weighted by atomic mass is 16.3. The van der Waals surface area contributed by atoms with Gasteiger partial charge in [0.2, 0.25) is 5.91 Å². The molecule has 3 heterocycles. The van der Waals surface area contributed by atoms with Gasteiger partial charge in [0.15, 0.2) is 5.65 Å². The monoisotopic (exact) mass is 512 g/mol. The molecular weight excluding hydrogens is 480 g/mol. The van der Waals surface area contributed by atoms with E-state index in [9.17, 15) is 14.7 Å². The molecule has 0 atom stereocenters. The molecule has 0 unspecified atom stereocenters. The molecule has 2 aromatic carbocycles. The first kappa shape index (κ1) is 24.4. The van der Waals surface area contributed by atoms with Crippen LogP contribution in [-0.2, 0) is 11.3 Å². The van der Waals surface area contributed by atoms with Crippen molar-refractivity contribution in [2.24, 2.45) is 5.92 Å². The van der Waals surface area contributed by atoms with Crippen LogP contribution in [0.1, 0.15) is 25.7 Å². The van der Waals surface area contributed by atoms with Gasteiger partial charge in [0.05, 0.1) is 24.0 Å². The Morgan fingerprint density at radius 2 is 1.82 bits per heavy atom. The smallest absolute Gasteiger partial charge is 0.264 e. The zero-order valence-electron chi connectivity index (χ0n) is 21.7. The van der Waals surface area contributed by atoms with Gasteiger partial charge in [-0.25, -0.2) is 9.67 Å². The van der Waals surface area contributed by atoms with E-state index in [-0.39, 0.29) is 23.9 Å². The Kier molecular flexibility index (Phi) is 6.03. The molecule has 9 heteroatoms. The topological polar surface area (TPSA) is 96.5 Å². The number of amides is 1. The third-order valence-electron chi connectivity index (χ3n) is 7.76. The normalized spacial score (nSPS) is 17.1. The molecule has 1 N–H and O–H groups in total. The molecular formula is C29H32N6O3. The molecule has 196 valence electrons. The van der Waals surface area contributed by atoms with Crippen LogP contribution in [0.3, 0.4) is 0 Å². The van der Waals surface area contributed by atoms with Crippen molar-refractivity contribution in [2.45, 2.75) is 37.8 Å². The molecule has 38 heavy (non-hydrogen) atoms. The van der Waals surface area contributed by atoms with Crippen molar-refractivity contribution >= 4 is 22.6 Å². The second-order valence-corrected chi connectivity index (χ2v) is 10.8. The van der Waals surface area contributed by atoms with E-state index in [0.717, 1.165) is 35.3 Å². The SMILES string of the molecule is CN(C)c1cccc(-c2ccc(-n3ncc4c(=O)n(CC5(O)CCN(C(=O)C6CC6)CC5)cnc43)cc2)c1. The summed E-state index contributed by atoms with van der Waals surface area (Å²) in [5.74, 6) is 0.382. The molecule has 1 aliphatic heterocycles. The van der Waals surface area contributed by atoms with E-state index in [0.29, 0.717) is 37.0 Å². The van der Waals surface area contributed by atoms with Gasteiger partial charge in [-0.15, -0.1) is 0 Å². The molecule has 6 rings (SSSR count). The Balaban J connectivity index is 1.20. The van der Waals surface area contributed by atoms with E-state index in [1.165, 1.54) is 17.1 Å². The molecule has 1 amide bonds. The number of benzene rings is 2. The van der Waals surface area contributed by atoms with Crippen LogP contribution in [0.15, 0.2) is 65.8 Å². The zero-order valence-corrected chi connectivity index (χ0v) is 21.7. The minimum atomic E-state index is -1.05. The second kappa shape index (κ2) is 9.40. The fourth-order valence-corrected chi connectivity index (χ4v) is 5.22. The number of piperidine rings is 1. The van der Waals surface area contributed by atoms with Gasteiger partial charge in [-0.05, 0) is 61.1 Å². The summed E-state index contributed by atoms with van der Waals surface area (Å²) in [5.41, 5.74) is 3.34. The summed E-state index contributed by atoms with van der Waals surface area (Å²) in [6, 6.07) is 16.4. The summed E-state index contributed by atoms with van der Waals surface area (Å²) >= 11 is 0. The van der Waals surface area contributed by atoms with Gasteiger partial charge < -0.3 is 14.9 Å². The Morgan fingerprint density at radius 1 is 1.08 bits per heavy atom. The minimum absolute atomic E-state index is 0.145. The molecule has 4 aromatic rings. The maximum Gasteiger partial charge on any atom is 0.264 e. The first-order chi connectivity index (χ1) is 18.3. The minimum Gasteiger partial charge on any atom is -0.388 e. The lowest BCUT2D eigenvalue weighted by molar-refractivity contribution is -0.137. The molecule has 0 spiro atoms. The lowest BCUT2D eigenvalue weighted by Gasteiger charge is -2.38. The summed E-state index contributed by atoms with van der Waals surface area (Å²) < 4.78 is 3.13. The number of hydrogen-bond donors (Lipinski definition) is 1. The fourth-order valence-electron chi connectivity index (χ4n) is 5.22. The van der Waals surface area contributed by atoms with Crippen molar-refractivity contribution in [2.75, 3.05) is 32.1 Å². The van der Waals surface area contributed by atoms with Crippen LogP contribution in [0.5, 0.6) is 0 Å². The lowest BCUT2D eigenvalue weighted by atomic mass is 9.91. The highest BCUT2D eigenvalue weighted by Gasteiger charge is 2.39. The number of likely N-dealkylation sites (tertiary alicyclic amines) is 1. The molecule has 0 radical (unpaired) electrons. The Hall–Kier alpha value is -3.98. The number of carbonyl (C=O) groups excluding carboxylic acids is 1. The summed E-state index contributed by atoms with van der Waals surface area (Å²) in [6.45, 7) is 1.18. The van der Waals surface area contributed by atoms with Crippen molar-refractivity contribution < 1.29 is 9.90 Å². The van der Waals surface area contributed by atoms with Gasteiger partial charge in [-0.2, -0.15) is 5.10 Å². The van der Waals surface area contributed by atoms with Gasteiger partial charge >= 0.3 is 0 Å². The largest absolute Gasteiger partial charge is 0.388 e. The first-order valence-corrected chi connectivity index (χ1v) is 13.1. The zero-order chi connectivity index (χ0) is 26.4. The van der Waals surface area contributed by atoms with E-state index in [4.69, 9.17) is 0 Å². The van der Waals surface area contributed by atoms with Crippen molar-refractivity contribution in [3.8, 4) is 16.8 Å². The van der Waals surface area contributed by atoms with Crippen molar-refractivity contribution in [3.63, 3.8) is 0 Å². The maximum absolute atomic E-state index is 13.3. The van der Waals surface area contributed by atoms with Gasteiger partial charge in [-0.1, -0.05) is 24.3 Å². The molecule has 2 aliphatic rings. The van der Waals surface area contributed by atoms with Gasteiger partial charge in [0.25, 0.3) is 5.56 Å². The second-order valence-electron chi connectivity index (χ2n) is 10.8. The van der Waals surface area contributed by atoms with Crippen LogP contribution in [0.25, 0.3) is 27.8 Å². The van der Waals surface area contributed by atoms with Crippen LogP contribution < -0.4 is 10.5 Å². The Labute approximate surface area is 220 Å². The van der Waals surface area contributed by atoms with Crippen molar-refractivity contribution in [1.29, 1.82) is 0 Å². The highest BCUT2D eigenvalue weighted by Crippen LogP contribution is 2.33. The molecule has 2 fully saturated rings. The average Bonchev–Trinajstić information content (AvgIpc) is 3.69. The molecule has 1 saturated carbocycles. The summed E-state index contributed by atoms with van der Waals surface area (Å²) in [5, 5.41) is 16.0. The number of anilines is 1. The van der Waals surface area contributed by atoms with Crippen LogP contribution in [0, 0.1) is 5.92 Å². The summed E-state index contributed by atoms with van der Waals surface area (Å²) in [6.07, 6.45) is 5.87. The van der Waals surface area contributed by atoms with Gasteiger partial charge in [0, 0.05) is 38.8 Å². The van der Waals surface area contributed by atoms with Gasteiger partial charge in [-0.3, -0.25) is 14.2 Å². The summed E-state index contributed by atoms with van der Waals surface area (Å²) in [4.78, 5) is 34.1. The third-order valence-corrected chi connectivity index (χ3v) is 7.76. The number of rotatable bonds is 6. The molecule has 1 saturated heterocycles. The number of aromatic nitrogens is 4. The van der Waals surface area contributed by atoms with E-state index >= 15 is 0 Å². The molecule has 0 bridgehead atoms. The maximum atomic E-state index is 13.3. The number of hydrogen-bond acceptors (Lipinski definition) is 6. The predicted octanol–water partition coefficient (Wildman–Crippen LogP) is 3.08. The van der Waals surface area contributed by atoms with Crippen molar-refractivity contribution in [1.82, 2.24) is 24.2 Å². The highest BCUT2D eigenvalue weighted by molar-refractivity contribution is 5.81. The fraction of sp³-hybridized carbons (Fsp3) is 0.379. The number of nitrogens with zero attached hydrogens (tertiary/aromatic N) is 6. The Bertz CT molecular complexity index is 1540. The van der Waals surface area contributed by atoms with Crippen LogP contribution in [-0.4, -0.2) is 68.0 Å². The number of carbonyl (C=O) groups is 1. The third kappa shape index (κ3) is 4.58. The number of fused-ring (bicyclic) bond motifs is 1. The summed E-state index contributed by atoms with van der Waals surface area (Å²) in [7, 11) is 4.04. The Morgan fingerprint density at radius 3 is 2.50 bits per heavy atom. The molecule has 2 aromatic heterocycles. The predicted molar refractivity (Wildman–Crippen MR) is 146 cm³/mol. The van der Waals surface area contributed by atoms with E-state index in [2.05, 4.69) is 33.2 Å². The van der Waals surface area contributed by atoms with E-state index in [1.807, 2.05) is 49.3 Å². The van der Waals surface area contributed by atoms with E-state index in [1.54, 1.807) is 4.68 Å². The van der Waals surface area contributed by atoms with Gasteiger partial charge in [0.1, 0.15) is 11.7 Å². The first-order valence-electron chi connectivity index (χ1n) is 13.1. The standard InChI is InChI=1S/C29H32N6O3/c1-32(2)24-5-3-4-22(16-24)20-8-10-23(11-9-20)35-26-25(17-31-35)28(37)34(19-30-26)18-29(38)12-14-33(15-13-29)27(36)21-6-7-21/h3-5,8-11,16-17,19,21,38H,6-7,12-15,18H2,1-2H3. The quantitative estimate of drug-likeness (QED) is 0.427. The lowest BCUT2D eigenvalue weighted by Crippen LogP contribution is -2.50. The van der Waals surface area contributed by atoms with Crippen LogP contribution in [0.4, 0.5) is 5.69 Å². The molecule has 9 nitrogen and oxygen atoms in total. The van der Waals surface area contributed by atoms with E-state index < -0.39 is 5.60 Å². The van der Waals surface area contributed by atoms with Crippen LogP contribution >= 0.6 is 0 Å². The van der Waals surface area contributed by atoms with Crippen LogP contribution in [0.2, 0.25) is 0 Å².